The van der Waals surface area contributed by atoms with Gasteiger partial charge in [-0.15, -0.1) is 0 Å². The predicted octanol–water partition coefficient (Wildman–Crippen LogP) is 5.77. The van der Waals surface area contributed by atoms with Crippen LogP contribution in [0.15, 0.2) is 36.5 Å². The van der Waals surface area contributed by atoms with Crippen LogP contribution in [-0.4, -0.2) is 87.5 Å². The predicted molar refractivity (Wildman–Crippen MR) is 184 cm³/mol. The lowest BCUT2D eigenvalue weighted by Crippen LogP contribution is -2.60. The minimum absolute atomic E-state index is 0.194. The fourth-order valence-corrected chi connectivity index (χ4v) is 5.42. The number of carbonyl (C=O) groups excluding carboxylic acids is 1. The summed E-state index contributed by atoms with van der Waals surface area (Å²) in [6.07, 6.45) is 25.0. The van der Waals surface area contributed by atoms with E-state index in [4.69, 9.17) is 9.47 Å². The van der Waals surface area contributed by atoms with E-state index in [1.807, 2.05) is 6.08 Å². The Morgan fingerprint density at radius 3 is 1.91 bits per heavy atom. The van der Waals surface area contributed by atoms with Crippen LogP contribution in [0.25, 0.3) is 0 Å². The Bertz CT molecular complexity index is 817. The molecule has 1 aliphatic rings. The van der Waals surface area contributed by atoms with Gasteiger partial charge >= 0.3 is 0 Å². The zero-order chi connectivity index (χ0) is 33.8. The van der Waals surface area contributed by atoms with Gasteiger partial charge in [0.05, 0.1) is 25.4 Å². The maximum Gasteiger partial charge on any atom is 0.220 e. The van der Waals surface area contributed by atoms with Crippen LogP contribution >= 0.6 is 0 Å². The summed E-state index contributed by atoms with van der Waals surface area (Å²) in [4.78, 5) is 12.8. The number of rotatable bonds is 28. The van der Waals surface area contributed by atoms with E-state index in [2.05, 4.69) is 43.5 Å². The number of hydrogen-bond acceptors (Lipinski definition) is 8. The van der Waals surface area contributed by atoms with Crippen LogP contribution in [0.3, 0.4) is 0 Å². The van der Waals surface area contributed by atoms with Crippen molar-refractivity contribution in [2.75, 3.05) is 13.2 Å². The summed E-state index contributed by atoms with van der Waals surface area (Å²) in [5.41, 5.74) is 0. The van der Waals surface area contributed by atoms with Gasteiger partial charge in [0.2, 0.25) is 5.91 Å². The summed E-state index contributed by atoms with van der Waals surface area (Å²) >= 11 is 0. The highest BCUT2D eigenvalue weighted by molar-refractivity contribution is 5.76. The maximum absolute atomic E-state index is 12.8. The van der Waals surface area contributed by atoms with Gasteiger partial charge in [-0.25, -0.2) is 0 Å². The van der Waals surface area contributed by atoms with Crippen LogP contribution in [-0.2, 0) is 14.3 Å². The highest BCUT2D eigenvalue weighted by Crippen LogP contribution is 2.22. The van der Waals surface area contributed by atoms with Crippen molar-refractivity contribution in [3.63, 3.8) is 0 Å². The van der Waals surface area contributed by atoms with E-state index in [1.165, 1.54) is 44.9 Å². The summed E-state index contributed by atoms with van der Waals surface area (Å²) in [7, 11) is 0. The van der Waals surface area contributed by atoms with Gasteiger partial charge in [-0.3, -0.25) is 4.79 Å². The fraction of sp³-hybridized carbons (Fsp3) is 0.811. The van der Waals surface area contributed by atoms with Crippen molar-refractivity contribution in [3.8, 4) is 0 Å². The number of amides is 1. The van der Waals surface area contributed by atoms with E-state index >= 15 is 0 Å². The third kappa shape index (κ3) is 19.9. The maximum atomic E-state index is 12.8. The topological polar surface area (TPSA) is 149 Å². The summed E-state index contributed by atoms with van der Waals surface area (Å²) < 4.78 is 11.1. The first-order chi connectivity index (χ1) is 22.3. The standard InChI is InChI=1S/C37H67NO8/c1-3-5-7-9-11-12-13-14-15-16-17-18-19-20-21-23-25-27-33(41)38-30(31(40)26-24-22-10-8-6-4-2)29-45-37-36(44)35(43)34(42)32(28-39)46-37/h11-12,14-15,24,26,30-32,34-37,39-40,42-44H,3-10,13,16-23,25,27-29H2,1-2H3,(H,38,41)/b12-11-,15-14-,26-24+. The van der Waals surface area contributed by atoms with Crippen LogP contribution < -0.4 is 5.32 Å². The molecule has 7 atom stereocenters. The minimum atomic E-state index is -1.56. The first kappa shape index (κ1) is 42.4. The third-order valence-electron chi connectivity index (χ3n) is 8.46. The Labute approximate surface area is 279 Å². The molecule has 1 heterocycles. The monoisotopic (exact) mass is 653 g/mol. The Kier molecular flexibility index (Phi) is 26.2. The molecule has 7 unspecified atom stereocenters. The molecule has 9 nitrogen and oxygen atoms in total. The highest BCUT2D eigenvalue weighted by atomic mass is 16.7. The number of unbranched alkanes of at least 4 members (excludes halogenated alkanes) is 14. The number of aliphatic hydroxyl groups is 5. The molecule has 1 fully saturated rings. The van der Waals surface area contributed by atoms with E-state index < -0.39 is 49.5 Å². The summed E-state index contributed by atoms with van der Waals surface area (Å²) in [5.74, 6) is -0.194. The van der Waals surface area contributed by atoms with E-state index in [1.54, 1.807) is 6.08 Å². The van der Waals surface area contributed by atoms with Gasteiger partial charge in [-0.2, -0.15) is 0 Å². The molecule has 46 heavy (non-hydrogen) atoms. The molecule has 0 aromatic carbocycles. The zero-order valence-corrected chi connectivity index (χ0v) is 28.8. The average molecular weight is 654 g/mol. The number of carbonyl (C=O) groups is 1. The fourth-order valence-electron chi connectivity index (χ4n) is 5.42. The van der Waals surface area contributed by atoms with Crippen molar-refractivity contribution in [3.05, 3.63) is 36.5 Å². The molecule has 0 saturated carbocycles. The first-order valence-corrected chi connectivity index (χ1v) is 18.2. The Hall–Kier alpha value is -1.59. The van der Waals surface area contributed by atoms with Crippen molar-refractivity contribution >= 4 is 5.91 Å². The van der Waals surface area contributed by atoms with Crippen LogP contribution in [0.4, 0.5) is 0 Å². The van der Waals surface area contributed by atoms with Gasteiger partial charge in [0.15, 0.2) is 6.29 Å². The van der Waals surface area contributed by atoms with Gasteiger partial charge in [0, 0.05) is 6.42 Å². The molecule has 0 bridgehead atoms. The first-order valence-electron chi connectivity index (χ1n) is 18.2. The molecule has 1 aliphatic heterocycles. The molecular formula is C37H67NO8. The zero-order valence-electron chi connectivity index (χ0n) is 28.8. The molecule has 268 valence electrons. The smallest absolute Gasteiger partial charge is 0.220 e. The molecular weight excluding hydrogens is 586 g/mol. The van der Waals surface area contributed by atoms with Crippen molar-refractivity contribution in [2.45, 2.75) is 179 Å². The van der Waals surface area contributed by atoms with Gasteiger partial charge in [0.25, 0.3) is 0 Å². The molecule has 1 amide bonds. The minimum Gasteiger partial charge on any atom is -0.394 e. The van der Waals surface area contributed by atoms with Crippen LogP contribution in [0, 0.1) is 0 Å². The molecule has 0 spiro atoms. The molecule has 0 aromatic heterocycles. The summed E-state index contributed by atoms with van der Waals surface area (Å²) in [6.45, 7) is 3.62. The molecule has 1 rings (SSSR count). The second-order valence-electron chi connectivity index (χ2n) is 12.7. The van der Waals surface area contributed by atoms with E-state index in [0.717, 1.165) is 70.6 Å². The van der Waals surface area contributed by atoms with Gasteiger partial charge in [-0.1, -0.05) is 115 Å². The van der Waals surface area contributed by atoms with Crippen molar-refractivity contribution < 1.29 is 39.8 Å². The second-order valence-corrected chi connectivity index (χ2v) is 12.7. The van der Waals surface area contributed by atoms with Crippen molar-refractivity contribution in [1.29, 1.82) is 0 Å². The summed E-state index contributed by atoms with van der Waals surface area (Å²) in [6, 6.07) is -0.803. The molecule has 0 radical (unpaired) electrons. The molecule has 0 aromatic rings. The number of ether oxygens (including phenoxy) is 2. The Balaban J connectivity index is 2.37. The van der Waals surface area contributed by atoms with Gasteiger partial charge in [-0.05, 0) is 51.4 Å². The van der Waals surface area contributed by atoms with E-state index in [9.17, 15) is 30.3 Å². The van der Waals surface area contributed by atoms with Crippen LogP contribution in [0.2, 0.25) is 0 Å². The SMILES string of the molecule is CCCCC/C=C\C/C=C\CCCCCCCCCC(=O)NC(COC1OC(CO)C(O)C(O)C1O)C(O)/C=C/CCCCCC. The lowest BCUT2D eigenvalue weighted by molar-refractivity contribution is -0.302. The largest absolute Gasteiger partial charge is 0.394 e. The lowest BCUT2D eigenvalue weighted by atomic mass is 9.99. The van der Waals surface area contributed by atoms with Crippen LogP contribution in [0.1, 0.15) is 136 Å². The van der Waals surface area contributed by atoms with E-state index in [-0.39, 0.29) is 12.5 Å². The molecule has 6 N–H and O–H groups in total. The quantitative estimate of drug-likeness (QED) is 0.0461. The Morgan fingerprint density at radius 1 is 0.739 bits per heavy atom. The number of nitrogens with one attached hydrogen (secondary N) is 1. The number of allylic oxidation sites excluding steroid dienone is 5. The normalized spacial score (nSPS) is 23.5. The second kappa shape index (κ2) is 28.4. The number of hydrogen-bond donors (Lipinski definition) is 6. The molecule has 1 saturated heterocycles. The highest BCUT2D eigenvalue weighted by Gasteiger charge is 2.44. The number of aliphatic hydroxyl groups excluding tert-OH is 5. The van der Waals surface area contributed by atoms with E-state index in [0.29, 0.717) is 6.42 Å². The van der Waals surface area contributed by atoms with Crippen molar-refractivity contribution in [1.82, 2.24) is 5.32 Å². The average Bonchev–Trinajstić information content (AvgIpc) is 3.05. The molecule has 0 aliphatic carbocycles. The lowest BCUT2D eigenvalue weighted by Gasteiger charge is -2.40. The van der Waals surface area contributed by atoms with Gasteiger partial charge < -0.3 is 40.3 Å². The van der Waals surface area contributed by atoms with Gasteiger partial charge in [0.1, 0.15) is 24.4 Å². The Morgan fingerprint density at radius 2 is 1.28 bits per heavy atom. The third-order valence-corrected chi connectivity index (χ3v) is 8.46. The van der Waals surface area contributed by atoms with Crippen LogP contribution in [0.5, 0.6) is 0 Å². The van der Waals surface area contributed by atoms with Crippen molar-refractivity contribution in [2.24, 2.45) is 0 Å². The molecule has 9 heteroatoms. The summed E-state index contributed by atoms with van der Waals surface area (Å²) in [5, 5.41) is 53.5.